The van der Waals surface area contributed by atoms with Crippen LogP contribution < -0.4 is 9.47 Å². The molecule has 88 valence electrons. The number of carbonyl (C=O) groups excluding carboxylic acids is 1. The number of para-hydroxylation sites is 2. The summed E-state index contributed by atoms with van der Waals surface area (Å²) in [6, 6.07) is 7.36. The lowest BCUT2D eigenvalue weighted by Gasteiger charge is -2.25. The van der Waals surface area contributed by atoms with Gasteiger partial charge in [0.2, 0.25) is 0 Å². The average molecular weight is 230 g/mol. The summed E-state index contributed by atoms with van der Waals surface area (Å²) in [5.74, 6) is 3.90. The van der Waals surface area contributed by atoms with Crippen LogP contribution in [0.4, 0.5) is 0 Å². The van der Waals surface area contributed by atoms with E-state index < -0.39 is 6.10 Å². The maximum absolute atomic E-state index is 11.8. The van der Waals surface area contributed by atoms with Crippen LogP contribution in [0.25, 0.3) is 0 Å². The van der Waals surface area contributed by atoms with Crippen LogP contribution in [-0.2, 0) is 4.79 Å². The first-order chi connectivity index (χ1) is 8.31. The fraction of sp³-hybridized carbons (Fsp3) is 0.357. The van der Waals surface area contributed by atoms with Crippen LogP contribution in [0.3, 0.4) is 0 Å². The highest BCUT2D eigenvalue weighted by Gasteiger charge is 2.26. The Morgan fingerprint density at radius 1 is 1.41 bits per heavy atom. The van der Waals surface area contributed by atoms with Crippen molar-refractivity contribution in [2.24, 2.45) is 0 Å². The number of Topliss-reactive ketones (excluding diaryl/α,β-unsaturated/α-hetero) is 1. The first-order valence-corrected chi connectivity index (χ1v) is 5.66. The number of ether oxygens (including phenoxy) is 2. The van der Waals surface area contributed by atoms with Crippen molar-refractivity contribution in [3.8, 4) is 23.8 Å². The van der Waals surface area contributed by atoms with E-state index in [4.69, 9.17) is 15.9 Å². The van der Waals surface area contributed by atoms with Gasteiger partial charge in [-0.2, -0.15) is 0 Å². The lowest BCUT2D eigenvalue weighted by Crippen LogP contribution is -2.36. The summed E-state index contributed by atoms with van der Waals surface area (Å²) in [5, 5.41) is 0. The molecule has 1 unspecified atom stereocenters. The third-order valence-electron chi connectivity index (χ3n) is 2.61. The van der Waals surface area contributed by atoms with Crippen molar-refractivity contribution in [3.05, 3.63) is 24.3 Å². The minimum absolute atomic E-state index is 0.0507. The molecule has 0 aromatic heterocycles. The molecular formula is C14H14O3. The molecule has 0 saturated carbocycles. The van der Waals surface area contributed by atoms with Gasteiger partial charge in [-0.05, 0) is 18.6 Å². The van der Waals surface area contributed by atoms with E-state index in [2.05, 4.69) is 5.92 Å². The molecular weight excluding hydrogens is 216 g/mol. The monoisotopic (exact) mass is 230 g/mol. The smallest absolute Gasteiger partial charge is 0.190 e. The molecule has 0 fully saturated rings. The molecule has 0 radical (unpaired) electrons. The van der Waals surface area contributed by atoms with E-state index in [1.165, 1.54) is 0 Å². The zero-order valence-electron chi connectivity index (χ0n) is 9.52. The Hall–Kier alpha value is -1.95. The standard InChI is InChI=1S/C14H14O3/c1-2-3-4-7-11(15)14-10-16-12-8-5-6-9-13(12)17-14/h1,5-6,8-9,14H,3-4,7,10H2. The van der Waals surface area contributed by atoms with E-state index in [9.17, 15) is 4.79 Å². The van der Waals surface area contributed by atoms with Gasteiger partial charge < -0.3 is 9.47 Å². The molecule has 0 saturated heterocycles. The Balaban J connectivity index is 1.93. The van der Waals surface area contributed by atoms with Gasteiger partial charge in [-0.15, -0.1) is 12.3 Å². The van der Waals surface area contributed by atoms with E-state index in [0.29, 0.717) is 30.8 Å². The van der Waals surface area contributed by atoms with Crippen molar-refractivity contribution in [1.29, 1.82) is 0 Å². The molecule has 1 atom stereocenters. The van der Waals surface area contributed by atoms with Crippen molar-refractivity contribution >= 4 is 5.78 Å². The Labute approximate surface area is 101 Å². The maximum Gasteiger partial charge on any atom is 0.190 e. The molecule has 1 aliphatic rings. The van der Waals surface area contributed by atoms with Crippen molar-refractivity contribution in [2.75, 3.05) is 6.61 Å². The average Bonchev–Trinajstić information content (AvgIpc) is 2.38. The molecule has 0 N–H and O–H groups in total. The van der Waals surface area contributed by atoms with Crippen molar-refractivity contribution in [2.45, 2.75) is 25.4 Å². The highest BCUT2D eigenvalue weighted by atomic mass is 16.6. The van der Waals surface area contributed by atoms with Gasteiger partial charge in [0, 0.05) is 12.8 Å². The number of ketones is 1. The summed E-state index contributed by atoms with van der Waals surface area (Å²) in [4.78, 5) is 11.8. The van der Waals surface area contributed by atoms with Crippen LogP contribution in [0, 0.1) is 12.3 Å². The first kappa shape index (κ1) is 11.5. The molecule has 3 nitrogen and oxygen atoms in total. The summed E-state index contributed by atoms with van der Waals surface area (Å²) in [7, 11) is 0. The van der Waals surface area contributed by atoms with E-state index in [1.807, 2.05) is 18.2 Å². The second kappa shape index (κ2) is 5.40. The molecule has 0 amide bonds. The molecule has 1 aliphatic heterocycles. The molecule has 17 heavy (non-hydrogen) atoms. The Kier molecular flexibility index (Phi) is 3.66. The van der Waals surface area contributed by atoms with Crippen LogP contribution in [-0.4, -0.2) is 18.5 Å². The molecule has 0 spiro atoms. The quantitative estimate of drug-likeness (QED) is 0.587. The zero-order valence-corrected chi connectivity index (χ0v) is 9.52. The molecule has 1 heterocycles. The fourth-order valence-electron chi connectivity index (χ4n) is 1.70. The van der Waals surface area contributed by atoms with Gasteiger partial charge in [0.1, 0.15) is 6.61 Å². The maximum atomic E-state index is 11.8. The molecule has 1 aromatic rings. The summed E-state index contributed by atoms with van der Waals surface area (Å²) < 4.78 is 11.1. The van der Waals surface area contributed by atoms with Gasteiger partial charge in [0.25, 0.3) is 0 Å². The number of terminal acetylenes is 1. The van der Waals surface area contributed by atoms with Crippen molar-refractivity contribution in [1.82, 2.24) is 0 Å². The summed E-state index contributed by atoms with van der Waals surface area (Å²) >= 11 is 0. The third-order valence-corrected chi connectivity index (χ3v) is 2.61. The predicted octanol–water partition coefficient (Wildman–Crippen LogP) is 2.20. The van der Waals surface area contributed by atoms with E-state index in [1.54, 1.807) is 6.07 Å². The SMILES string of the molecule is C#CCCCC(=O)C1COc2ccccc2O1. The number of rotatable bonds is 4. The minimum atomic E-state index is -0.498. The zero-order chi connectivity index (χ0) is 12.1. The predicted molar refractivity (Wildman–Crippen MR) is 64.0 cm³/mol. The molecule has 2 rings (SSSR count). The van der Waals surface area contributed by atoms with Gasteiger partial charge in [0.15, 0.2) is 23.4 Å². The third kappa shape index (κ3) is 2.79. The van der Waals surface area contributed by atoms with Crippen LogP contribution in [0.15, 0.2) is 24.3 Å². The fourth-order valence-corrected chi connectivity index (χ4v) is 1.70. The second-order valence-electron chi connectivity index (χ2n) is 3.89. The topological polar surface area (TPSA) is 35.5 Å². The van der Waals surface area contributed by atoms with Gasteiger partial charge in [-0.25, -0.2) is 0 Å². The lowest BCUT2D eigenvalue weighted by atomic mass is 10.1. The molecule has 0 bridgehead atoms. The van der Waals surface area contributed by atoms with E-state index in [0.717, 1.165) is 0 Å². The van der Waals surface area contributed by atoms with E-state index >= 15 is 0 Å². The molecule has 3 heteroatoms. The first-order valence-electron chi connectivity index (χ1n) is 5.66. The Bertz CT molecular complexity index is 445. The van der Waals surface area contributed by atoms with Crippen LogP contribution in [0.2, 0.25) is 0 Å². The lowest BCUT2D eigenvalue weighted by molar-refractivity contribution is -0.128. The number of unbranched alkanes of at least 4 members (excludes halogenated alkanes) is 1. The summed E-state index contributed by atoms with van der Waals surface area (Å²) in [5.41, 5.74) is 0. The highest BCUT2D eigenvalue weighted by Crippen LogP contribution is 2.31. The number of carbonyl (C=O) groups is 1. The normalized spacial score (nSPS) is 17.2. The van der Waals surface area contributed by atoms with Gasteiger partial charge >= 0.3 is 0 Å². The van der Waals surface area contributed by atoms with Gasteiger partial charge in [0.05, 0.1) is 0 Å². The number of hydrogen-bond acceptors (Lipinski definition) is 3. The number of hydrogen-bond donors (Lipinski definition) is 0. The van der Waals surface area contributed by atoms with Crippen molar-refractivity contribution < 1.29 is 14.3 Å². The van der Waals surface area contributed by atoms with E-state index in [-0.39, 0.29) is 12.4 Å². The summed E-state index contributed by atoms with van der Waals surface area (Å²) in [6.45, 7) is 0.284. The number of fused-ring (bicyclic) bond motifs is 1. The molecule has 0 aliphatic carbocycles. The summed E-state index contributed by atoms with van der Waals surface area (Å²) in [6.07, 6.45) is 6.41. The largest absolute Gasteiger partial charge is 0.485 e. The molecule has 1 aromatic carbocycles. The second-order valence-corrected chi connectivity index (χ2v) is 3.89. The van der Waals surface area contributed by atoms with Crippen LogP contribution >= 0.6 is 0 Å². The Morgan fingerprint density at radius 3 is 2.94 bits per heavy atom. The minimum Gasteiger partial charge on any atom is -0.485 e. The van der Waals surface area contributed by atoms with Crippen LogP contribution in [0.5, 0.6) is 11.5 Å². The van der Waals surface area contributed by atoms with Gasteiger partial charge in [-0.3, -0.25) is 4.79 Å². The van der Waals surface area contributed by atoms with Gasteiger partial charge in [-0.1, -0.05) is 12.1 Å². The van der Waals surface area contributed by atoms with Crippen LogP contribution in [0.1, 0.15) is 19.3 Å². The number of benzene rings is 1. The van der Waals surface area contributed by atoms with Crippen molar-refractivity contribution in [3.63, 3.8) is 0 Å². The Morgan fingerprint density at radius 2 is 2.18 bits per heavy atom. The highest BCUT2D eigenvalue weighted by molar-refractivity contribution is 5.84.